The summed E-state index contributed by atoms with van der Waals surface area (Å²) in [4.78, 5) is 11.9. The minimum Gasteiger partial charge on any atom is -0.378 e. The molecule has 30 heavy (non-hydrogen) atoms. The van der Waals surface area contributed by atoms with Crippen molar-refractivity contribution < 1.29 is 22.6 Å². The van der Waals surface area contributed by atoms with Crippen LogP contribution in [-0.4, -0.2) is 87.1 Å². The smallest absolute Gasteiger partial charge is 0.378 e. The Hall–Kier alpha value is -2.66. The molecule has 0 aromatic heterocycles. The van der Waals surface area contributed by atoms with Gasteiger partial charge < -0.3 is 24.6 Å². The Balaban J connectivity index is 2.03. The molecule has 0 atom stereocenters. The van der Waals surface area contributed by atoms with Crippen molar-refractivity contribution in [3.05, 3.63) is 34.8 Å². The summed E-state index contributed by atoms with van der Waals surface area (Å²) in [6, 6.07) is 0. The summed E-state index contributed by atoms with van der Waals surface area (Å²) < 4.78 is 51.9. The van der Waals surface area contributed by atoms with Crippen molar-refractivity contribution in [1.29, 1.82) is 5.41 Å². The van der Waals surface area contributed by atoms with Crippen LogP contribution in [0.15, 0.2) is 44.8 Å². The molecule has 0 saturated carbocycles. The number of nitrogens with zero attached hydrogens (tertiary/aromatic N) is 4. The first-order valence-corrected chi connectivity index (χ1v) is 9.58. The Bertz CT molecular complexity index is 804. The van der Waals surface area contributed by atoms with Crippen molar-refractivity contribution in [3.63, 3.8) is 0 Å². The Labute approximate surface area is 172 Å². The minimum absolute atomic E-state index is 0.0534. The first-order chi connectivity index (χ1) is 14.3. The highest BCUT2D eigenvalue weighted by molar-refractivity contribution is 5.95. The van der Waals surface area contributed by atoms with Crippen molar-refractivity contribution in [2.45, 2.75) is 13.1 Å². The average Bonchev–Trinajstić information content (AvgIpc) is 2.77. The number of amidine groups is 1. The fourth-order valence-electron chi connectivity index (χ4n) is 3.27. The Morgan fingerprint density at radius 1 is 1.17 bits per heavy atom. The molecule has 3 aliphatic rings. The molecule has 0 spiro atoms. The van der Waals surface area contributed by atoms with Gasteiger partial charge in [-0.25, -0.2) is 4.99 Å². The lowest BCUT2D eigenvalue weighted by molar-refractivity contribution is -0.0893. The lowest BCUT2D eigenvalue weighted by Crippen LogP contribution is -2.49. The zero-order valence-electron chi connectivity index (χ0n) is 16.8. The third kappa shape index (κ3) is 5.28. The topological polar surface area (TPSA) is 85.5 Å². The first-order valence-electron chi connectivity index (χ1n) is 9.58. The highest BCUT2D eigenvalue weighted by Crippen LogP contribution is 2.33. The van der Waals surface area contributed by atoms with Crippen molar-refractivity contribution in [1.82, 2.24) is 15.1 Å². The minimum atomic E-state index is -4.66. The van der Waals surface area contributed by atoms with E-state index in [1.807, 2.05) is 9.80 Å². The number of hydrogen-bond acceptors (Lipinski definition) is 7. The number of allylic oxidation sites excluding steroid dienone is 3. The van der Waals surface area contributed by atoms with Gasteiger partial charge in [-0.15, -0.1) is 0 Å². The van der Waals surface area contributed by atoms with Gasteiger partial charge >= 0.3 is 6.18 Å². The molecule has 2 saturated heterocycles. The van der Waals surface area contributed by atoms with Gasteiger partial charge in [-0.3, -0.25) is 5.41 Å². The number of hydrogen-bond donors (Lipinski definition) is 2. The van der Waals surface area contributed by atoms with Gasteiger partial charge in [0.25, 0.3) is 0 Å². The summed E-state index contributed by atoms with van der Waals surface area (Å²) in [5.41, 5.74) is -0.737. The molecule has 3 heterocycles. The van der Waals surface area contributed by atoms with E-state index in [-0.39, 0.29) is 11.3 Å². The molecule has 0 amide bonds. The van der Waals surface area contributed by atoms with Gasteiger partial charge in [0.15, 0.2) is 0 Å². The van der Waals surface area contributed by atoms with Crippen LogP contribution in [0.4, 0.5) is 13.2 Å². The predicted molar refractivity (Wildman–Crippen MR) is 108 cm³/mol. The van der Waals surface area contributed by atoms with E-state index in [1.165, 1.54) is 6.92 Å². The van der Waals surface area contributed by atoms with Gasteiger partial charge in [-0.1, -0.05) is 0 Å². The second-order valence-corrected chi connectivity index (χ2v) is 6.90. The van der Waals surface area contributed by atoms with E-state index in [1.54, 1.807) is 6.08 Å². The van der Waals surface area contributed by atoms with Crippen LogP contribution in [0.5, 0.6) is 0 Å². The van der Waals surface area contributed by atoms with E-state index in [9.17, 15) is 13.2 Å². The highest BCUT2D eigenvalue weighted by Gasteiger charge is 2.36. The standard InChI is InChI=1S/C19H25F3N6O2/c1-13(14(19(20,21)22)11-16(23)24-2)15-12-17(27-3-7-29-8-4-27)26-18(25-15)28-5-9-30-10-6-28/h11-12,23H,2-10H2,1H3,(H,25,26). The van der Waals surface area contributed by atoms with E-state index in [4.69, 9.17) is 14.9 Å². The number of nitrogens with one attached hydrogen (secondary N) is 2. The second kappa shape index (κ2) is 9.43. The first kappa shape index (κ1) is 22.0. The van der Waals surface area contributed by atoms with Gasteiger partial charge in [0.1, 0.15) is 11.7 Å². The van der Waals surface area contributed by atoms with Gasteiger partial charge in [0.2, 0.25) is 5.96 Å². The van der Waals surface area contributed by atoms with Crippen LogP contribution in [0.2, 0.25) is 0 Å². The summed E-state index contributed by atoms with van der Waals surface area (Å²) in [6.45, 7) is 8.97. The van der Waals surface area contributed by atoms with Crippen molar-refractivity contribution in [2.24, 2.45) is 9.98 Å². The molecule has 0 radical (unpaired) electrons. The maximum atomic E-state index is 13.7. The molecule has 2 N–H and O–H groups in total. The SMILES string of the molecule is C=NC(=N)C=C(C(C)=C1C=C(N2CCOCC2)N=C(N2CCOCC2)N1)C(F)(F)F. The third-order valence-electron chi connectivity index (χ3n) is 4.95. The van der Waals surface area contributed by atoms with Gasteiger partial charge in [-0.2, -0.15) is 18.2 Å². The molecule has 2 fully saturated rings. The van der Waals surface area contributed by atoms with Crippen molar-refractivity contribution >= 4 is 18.5 Å². The molecule has 0 bridgehead atoms. The zero-order valence-corrected chi connectivity index (χ0v) is 16.8. The van der Waals surface area contributed by atoms with Crippen molar-refractivity contribution in [2.75, 3.05) is 52.6 Å². The molecular weight excluding hydrogens is 401 g/mol. The fourth-order valence-corrected chi connectivity index (χ4v) is 3.27. The number of alkyl halides is 3. The Morgan fingerprint density at radius 2 is 1.73 bits per heavy atom. The molecule has 0 aliphatic carbocycles. The fraction of sp³-hybridized carbons (Fsp3) is 0.526. The lowest BCUT2D eigenvalue weighted by atomic mass is 10.0. The molecule has 8 nitrogen and oxygen atoms in total. The monoisotopic (exact) mass is 426 g/mol. The quantitative estimate of drug-likeness (QED) is 0.532. The molecule has 0 unspecified atom stereocenters. The number of morpholine rings is 2. The molecule has 3 aliphatic heterocycles. The van der Waals surface area contributed by atoms with Gasteiger partial charge in [0.05, 0.1) is 32.0 Å². The van der Waals surface area contributed by atoms with E-state index in [0.717, 1.165) is 0 Å². The Morgan fingerprint density at radius 3 is 2.27 bits per heavy atom. The summed E-state index contributed by atoms with van der Waals surface area (Å²) in [5, 5.41) is 10.6. The number of aliphatic imine (C=N–C) groups is 2. The number of guanidine groups is 1. The normalized spacial score (nSPS) is 22.7. The second-order valence-electron chi connectivity index (χ2n) is 6.90. The summed E-state index contributed by atoms with van der Waals surface area (Å²) in [5.74, 6) is 0.499. The molecule has 0 aromatic rings. The van der Waals surface area contributed by atoms with E-state index >= 15 is 0 Å². The maximum Gasteiger partial charge on any atom is 0.416 e. The molecule has 164 valence electrons. The molecule has 11 heteroatoms. The van der Waals surface area contributed by atoms with Crippen LogP contribution in [0.3, 0.4) is 0 Å². The zero-order chi connectivity index (χ0) is 21.7. The highest BCUT2D eigenvalue weighted by atomic mass is 19.4. The van der Waals surface area contributed by atoms with Crippen LogP contribution in [-0.2, 0) is 9.47 Å². The van der Waals surface area contributed by atoms with E-state index in [0.29, 0.717) is 70.5 Å². The Kier molecular flexibility index (Phi) is 6.93. The summed E-state index contributed by atoms with van der Waals surface area (Å²) in [6.07, 6.45) is -2.37. The van der Waals surface area contributed by atoms with Crippen LogP contribution in [0.25, 0.3) is 0 Å². The van der Waals surface area contributed by atoms with Gasteiger partial charge in [-0.05, 0) is 25.3 Å². The van der Waals surface area contributed by atoms with E-state index in [2.05, 4.69) is 22.0 Å². The van der Waals surface area contributed by atoms with Crippen LogP contribution in [0.1, 0.15) is 6.92 Å². The number of halogens is 3. The molecule has 0 aromatic carbocycles. The lowest BCUT2D eigenvalue weighted by Gasteiger charge is -2.36. The van der Waals surface area contributed by atoms with Crippen LogP contribution < -0.4 is 5.32 Å². The van der Waals surface area contributed by atoms with Gasteiger partial charge in [0, 0.05) is 38.0 Å². The summed E-state index contributed by atoms with van der Waals surface area (Å²) >= 11 is 0. The number of rotatable bonds is 3. The van der Waals surface area contributed by atoms with Crippen LogP contribution in [0, 0.1) is 5.41 Å². The predicted octanol–water partition coefficient (Wildman–Crippen LogP) is 1.89. The average molecular weight is 426 g/mol. The number of ether oxygens (including phenoxy) is 2. The molecule has 3 rings (SSSR count). The van der Waals surface area contributed by atoms with E-state index < -0.39 is 17.6 Å². The largest absolute Gasteiger partial charge is 0.416 e. The van der Waals surface area contributed by atoms with Crippen LogP contribution >= 0.6 is 0 Å². The molecular formula is C19H25F3N6O2. The third-order valence-corrected chi connectivity index (χ3v) is 4.95. The summed E-state index contributed by atoms with van der Waals surface area (Å²) in [7, 11) is 0. The maximum absolute atomic E-state index is 13.7. The van der Waals surface area contributed by atoms with Crippen molar-refractivity contribution in [3.8, 4) is 0 Å².